The summed E-state index contributed by atoms with van der Waals surface area (Å²) >= 11 is 0. The van der Waals surface area contributed by atoms with Gasteiger partial charge in [-0.2, -0.15) is 10.5 Å². The van der Waals surface area contributed by atoms with E-state index in [0.717, 1.165) is 30.6 Å². The van der Waals surface area contributed by atoms with E-state index in [2.05, 4.69) is 17.1 Å². The van der Waals surface area contributed by atoms with Gasteiger partial charge in [-0.15, -0.1) is 0 Å². The van der Waals surface area contributed by atoms with Crippen molar-refractivity contribution in [1.29, 1.82) is 10.5 Å². The van der Waals surface area contributed by atoms with Crippen molar-refractivity contribution in [2.75, 3.05) is 0 Å². The molecule has 0 aromatic carbocycles. The molecule has 0 spiro atoms. The van der Waals surface area contributed by atoms with Crippen molar-refractivity contribution < 1.29 is 0 Å². The van der Waals surface area contributed by atoms with E-state index in [0.29, 0.717) is 5.69 Å². The molecule has 1 fully saturated rings. The minimum absolute atomic E-state index is 0.405. The molecule has 0 aliphatic heterocycles. The predicted octanol–water partition coefficient (Wildman–Crippen LogP) is 2.15. The summed E-state index contributed by atoms with van der Waals surface area (Å²) in [6.45, 7) is 0. The van der Waals surface area contributed by atoms with E-state index in [4.69, 9.17) is 5.26 Å². The molecule has 2 aromatic rings. The van der Waals surface area contributed by atoms with Crippen molar-refractivity contribution >= 4 is 5.52 Å². The van der Waals surface area contributed by atoms with Crippen LogP contribution in [0.25, 0.3) is 5.52 Å². The van der Waals surface area contributed by atoms with Gasteiger partial charge >= 0.3 is 0 Å². The van der Waals surface area contributed by atoms with Crippen LogP contribution in [0.2, 0.25) is 0 Å². The molecular formula is C13H10N4. The highest BCUT2D eigenvalue weighted by Gasteiger charge is 2.43. The second kappa shape index (κ2) is 3.33. The average molecular weight is 222 g/mol. The monoisotopic (exact) mass is 222 g/mol. The van der Waals surface area contributed by atoms with E-state index in [9.17, 15) is 5.26 Å². The van der Waals surface area contributed by atoms with Gasteiger partial charge in [0.05, 0.1) is 11.6 Å². The Hall–Kier alpha value is -2.33. The molecule has 82 valence electrons. The number of imidazole rings is 1. The molecule has 0 radical (unpaired) electrons. The molecule has 4 heteroatoms. The van der Waals surface area contributed by atoms with Crippen molar-refractivity contribution in [3.8, 4) is 12.1 Å². The average Bonchev–Trinajstić information content (AvgIpc) is 2.68. The third-order valence-electron chi connectivity index (χ3n) is 3.50. The summed E-state index contributed by atoms with van der Waals surface area (Å²) in [6, 6.07) is 10.1. The largest absolute Gasteiger partial charge is 0.301 e. The first-order chi connectivity index (χ1) is 8.30. The zero-order valence-electron chi connectivity index (χ0n) is 9.22. The molecule has 4 nitrogen and oxygen atoms in total. The fourth-order valence-corrected chi connectivity index (χ4v) is 2.37. The van der Waals surface area contributed by atoms with Crippen LogP contribution in [-0.4, -0.2) is 9.38 Å². The fourth-order valence-electron chi connectivity index (χ4n) is 2.37. The summed E-state index contributed by atoms with van der Waals surface area (Å²) < 4.78 is 1.88. The molecule has 2 heterocycles. The highest BCUT2D eigenvalue weighted by molar-refractivity contribution is 5.59. The van der Waals surface area contributed by atoms with Crippen molar-refractivity contribution in [3.05, 3.63) is 35.9 Å². The summed E-state index contributed by atoms with van der Waals surface area (Å²) in [7, 11) is 0. The summed E-state index contributed by atoms with van der Waals surface area (Å²) in [5, 5.41) is 18.4. The number of nitriles is 2. The Bertz CT molecular complexity index is 665. The van der Waals surface area contributed by atoms with Crippen LogP contribution in [0.5, 0.6) is 0 Å². The lowest BCUT2D eigenvalue weighted by Gasteiger charge is -2.33. The Balaban J connectivity index is 2.32. The van der Waals surface area contributed by atoms with E-state index >= 15 is 0 Å². The molecule has 1 aliphatic rings. The molecule has 0 atom stereocenters. The fraction of sp³-hybridized carbons (Fsp3) is 0.308. The molecule has 3 rings (SSSR count). The van der Waals surface area contributed by atoms with E-state index in [1.807, 2.05) is 28.8 Å². The number of hydrogen-bond acceptors (Lipinski definition) is 3. The lowest BCUT2D eigenvalue weighted by molar-refractivity contribution is 0.306. The quantitative estimate of drug-likeness (QED) is 0.742. The maximum absolute atomic E-state index is 9.35. The molecule has 0 unspecified atom stereocenters. The van der Waals surface area contributed by atoms with Gasteiger partial charge in [0, 0.05) is 6.20 Å². The molecule has 1 saturated carbocycles. The third-order valence-corrected chi connectivity index (χ3v) is 3.50. The van der Waals surface area contributed by atoms with Crippen LogP contribution in [0.3, 0.4) is 0 Å². The van der Waals surface area contributed by atoms with Crippen LogP contribution < -0.4 is 0 Å². The van der Waals surface area contributed by atoms with Crippen LogP contribution in [0.4, 0.5) is 0 Å². The van der Waals surface area contributed by atoms with Crippen molar-refractivity contribution in [2.45, 2.75) is 24.7 Å². The molecule has 0 amide bonds. The van der Waals surface area contributed by atoms with Gasteiger partial charge in [0.2, 0.25) is 0 Å². The Labute approximate surface area is 98.7 Å². The Morgan fingerprint density at radius 3 is 2.71 bits per heavy atom. The van der Waals surface area contributed by atoms with Gasteiger partial charge < -0.3 is 4.40 Å². The number of nitrogens with zero attached hydrogens (tertiary/aromatic N) is 4. The number of aromatic nitrogens is 2. The van der Waals surface area contributed by atoms with E-state index in [-0.39, 0.29) is 0 Å². The maximum atomic E-state index is 9.35. The summed E-state index contributed by atoms with van der Waals surface area (Å²) in [5.41, 5.74) is 0.702. The van der Waals surface area contributed by atoms with Gasteiger partial charge in [-0.05, 0) is 31.4 Å². The summed E-state index contributed by atoms with van der Waals surface area (Å²) in [5.74, 6) is 0.721. The highest BCUT2D eigenvalue weighted by atomic mass is 15.0. The van der Waals surface area contributed by atoms with E-state index < -0.39 is 5.41 Å². The summed E-state index contributed by atoms with van der Waals surface area (Å²) in [6.07, 6.45) is 4.60. The molecule has 0 bridgehead atoms. The second-order valence-corrected chi connectivity index (χ2v) is 4.40. The van der Waals surface area contributed by atoms with Crippen molar-refractivity contribution in [1.82, 2.24) is 9.38 Å². The number of hydrogen-bond donors (Lipinski definition) is 0. The highest BCUT2D eigenvalue weighted by Crippen LogP contribution is 2.42. The number of rotatable bonds is 1. The zero-order valence-corrected chi connectivity index (χ0v) is 9.22. The predicted molar refractivity (Wildman–Crippen MR) is 61.0 cm³/mol. The molecule has 0 saturated heterocycles. The van der Waals surface area contributed by atoms with Crippen LogP contribution >= 0.6 is 0 Å². The van der Waals surface area contributed by atoms with Gasteiger partial charge in [0.15, 0.2) is 5.69 Å². The van der Waals surface area contributed by atoms with Gasteiger partial charge in [-0.25, -0.2) is 4.98 Å². The smallest absolute Gasteiger partial charge is 0.166 e. The standard InChI is InChI=1S/C13H10N4/c14-8-10-11-4-1-2-7-17(11)12(16-10)13(9-15)5-3-6-13/h1-2,4,7H,3,5-6H2. The molecule has 17 heavy (non-hydrogen) atoms. The second-order valence-electron chi connectivity index (χ2n) is 4.40. The van der Waals surface area contributed by atoms with Crippen molar-refractivity contribution in [2.24, 2.45) is 0 Å². The molecule has 0 N–H and O–H groups in total. The Morgan fingerprint density at radius 1 is 1.29 bits per heavy atom. The topological polar surface area (TPSA) is 64.9 Å². The third kappa shape index (κ3) is 1.18. The first-order valence-electron chi connectivity index (χ1n) is 5.60. The van der Waals surface area contributed by atoms with E-state index in [1.54, 1.807) is 0 Å². The van der Waals surface area contributed by atoms with Crippen LogP contribution in [0, 0.1) is 22.7 Å². The van der Waals surface area contributed by atoms with Gasteiger partial charge in [-0.3, -0.25) is 0 Å². The first kappa shape index (κ1) is 9.86. The van der Waals surface area contributed by atoms with Crippen LogP contribution in [0.15, 0.2) is 24.4 Å². The maximum Gasteiger partial charge on any atom is 0.166 e. The molecular weight excluding hydrogens is 212 g/mol. The Kier molecular flexibility index (Phi) is 1.93. The van der Waals surface area contributed by atoms with Crippen LogP contribution in [-0.2, 0) is 5.41 Å². The summed E-state index contributed by atoms with van der Waals surface area (Å²) in [4.78, 5) is 4.35. The zero-order chi connectivity index (χ0) is 11.9. The normalized spacial score (nSPS) is 17.1. The van der Waals surface area contributed by atoms with Crippen molar-refractivity contribution in [3.63, 3.8) is 0 Å². The lowest BCUT2D eigenvalue weighted by atomic mass is 9.69. The SMILES string of the molecule is N#Cc1nc(C2(C#N)CCC2)n2ccccc12. The molecule has 2 aromatic heterocycles. The van der Waals surface area contributed by atoms with Gasteiger partial charge in [0.25, 0.3) is 0 Å². The van der Waals surface area contributed by atoms with Crippen LogP contribution in [0.1, 0.15) is 30.8 Å². The van der Waals surface area contributed by atoms with Gasteiger partial charge in [0.1, 0.15) is 17.3 Å². The number of pyridine rings is 1. The van der Waals surface area contributed by atoms with Gasteiger partial charge in [-0.1, -0.05) is 6.07 Å². The molecule has 1 aliphatic carbocycles. The number of fused-ring (bicyclic) bond motifs is 1. The minimum Gasteiger partial charge on any atom is -0.301 e. The Morgan fingerprint density at radius 2 is 2.12 bits per heavy atom. The first-order valence-corrected chi connectivity index (χ1v) is 5.60. The van der Waals surface area contributed by atoms with E-state index in [1.165, 1.54) is 0 Å². The lowest BCUT2D eigenvalue weighted by Crippen LogP contribution is -2.34. The minimum atomic E-state index is -0.487.